The molecular formula is C17H16N8O2S2. The summed E-state index contributed by atoms with van der Waals surface area (Å²) in [5.41, 5.74) is 0.934. The van der Waals surface area contributed by atoms with Crippen LogP contribution in [0.15, 0.2) is 59.9 Å². The highest BCUT2D eigenvalue weighted by Gasteiger charge is 2.18. The molecule has 0 amide bonds. The van der Waals surface area contributed by atoms with E-state index in [-0.39, 0.29) is 11.4 Å². The van der Waals surface area contributed by atoms with Gasteiger partial charge in [0.2, 0.25) is 10.0 Å². The Kier molecular flexibility index (Phi) is 5.55. The average Bonchev–Trinajstić information content (AvgIpc) is 3.21. The lowest BCUT2D eigenvalue weighted by Crippen LogP contribution is -2.29. The van der Waals surface area contributed by atoms with Crippen molar-refractivity contribution in [2.24, 2.45) is 0 Å². The third kappa shape index (κ3) is 4.62. The van der Waals surface area contributed by atoms with E-state index in [1.54, 1.807) is 24.4 Å². The van der Waals surface area contributed by atoms with E-state index in [4.69, 9.17) is 0 Å². The van der Waals surface area contributed by atoms with Gasteiger partial charge in [0, 0.05) is 25.4 Å². The van der Waals surface area contributed by atoms with Crippen molar-refractivity contribution in [3.63, 3.8) is 0 Å². The average molecular weight is 429 g/mol. The number of hydrogen-bond donors (Lipinski definition) is 3. The lowest BCUT2D eigenvalue weighted by atomic mass is 10.3. The van der Waals surface area contributed by atoms with Gasteiger partial charge in [-0.2, -0.15) is 8.75 Å². The van der Waals surface area contributed by atoms with E-state index in [1.807, 2.05) is 18.2 Å². The second kappa shape index (κ2) is 8.43. The number of anilines is 3. The number of nitrogens with one attached hydrogen (secondary N) is 3. The zero-order valence-electron chi connectivity index (χ0n) is 15.0. The molecule has 0 spiro atoms. The monoisotopic (exact) mass is 428 g/mol. The first kappa shape index (κ1) is 19.1. The maximum Gasteiger partial charge on any atom is 0.242 e. The predicted molar refractivity (Wildman–Crippen MR) is 111 cm³/mol. The van der Waals surface area contributed by atoms with Crippen molar-refractivity contribution in [1.82, 2.24) is 28.4 Å². The largest absolute Gasteiger partial charge is 0.369 e. The molecule has 0 aliphatic heterocycles. The molecule has 0 aliphatic carbocycles. The van der Waals surface area contributed by atoms with Gasteiger partial charge in [-0.1, -0.05) is 12.1 Å². The molecule has 12 heteroatoms. The van der Waals surface area contributed by atoms with Crippen LogP contribution in [-0.4, -0.2) is 45.2 Å². The molecule has 3 N–H and O–H groups in total. The molecule has 1 aromatic carbocycles. The van der Waals surface area contributed by atoms with Gasteiger partial charge in [-0.15, -0.1) is 0 Å². The predicted octanol–water partition coefficient (Wildman–Crippen LogP) is 2.01. The van der Waals surface area contributed by atoms with Gasteiger partial charge in [0.05, 0.1) is 11.7 Å². The Morgan fingerprint density at radius 1 is 0.897 bits per heavy atom. The molecule has 10 nitrogen and oxygen atoms in total. The van der Waals surface area contributed by atoms with Gasteiger partial charge >= 0.3 is 0 Å². The Morgan fingerprint density at radius 2 is 1.79 bits per heavy atom. The van der Waals surface area contributed by atoms with E-state index in [0.29, 0.717) is 35.0 Å². The van der Waals surface area contributed by atoms with Crippen LogP contribution in [0.5, 0.6) is 0 Å². The molecule has 0 aliphatic rings. The highest BCUT2D eigenvalue weighted by molar-refractivity contribution is 7.89. The number of sulfonamides is 1. The van der Waals surface area contributed by atoms with Crippen molar-refractivity contribution in [2.45, 2.75) is 4.90 Å². The third-order valence-electron chi connectivity index (χ3n) is 3.85. The summed E-state index contributed by atoms with van der Waals surface area (Å²) in [5, 5.41) is 6.13. The van der Waals surface area contributed by atoms with E-state index in [0.717, 1.165) is 11.7 Å². The van der Waals surface area contributed by atoms with E-state index >= 15 is 0 Å². The Morgan fingerprint density at radius 3 is 2.66 bits per heavy atom. The van der Waals surface area contributed by atoms with E-state index in [9.17, 15) is 8.42 Å². The number of hydrogen-bond acceptors (Lipinski definition) is 10. The van der Waals surface area contributed by atoms with Crippen molar-refractivity contribution in [3.8, 4) is 0 Å². The normalized spacial score (nSPS) is 11.4. The lowest BCUT2D eigenvalue weighted by molar-refractivity contribution is 0.583. The smallest absolute Gasteiger partial charge is 0.242 e. The summed E-state index contributed by atoms with van der Waals surface area (Å²) in [7, 11) is -3.70. The van der Waals surface area contributed by atoms with Gasteiger partial charge in [-0.25, -0.2) is 28.1 Å². The first-order valence-corrected chi connectivity index (χ1v) is 10.8. The van der Waals surface area contributed by atoms with Gasteiger partial charge in [0.25, 0.3) is 0 Å². The standard InChI is InChI=1S/C17H16N8O2S2/c26-29(27,13-5-3-4-12-17(13)25-28-24-12)22-9-8-19-15-10-16(21-11-20-15)23-14-6-1-2-7-18-14/h1-7,10-11,22H,8-9H2,(H2,18,19,20,21,23). The molecule has 0 unspecified atom stereocenters. The molecule has 0 saturated carbocycles. The number of fused-ring (bicyclic) bond motifs is 1. The summed E-state index contributed by atoms with van der Waals surface area (Å²) in [5.74, 6) is 1.79. The van der Waals surface area contributed by atoms with Crippen LogP contribution in [0.3, 0.4) is 0 Å². The fourth-order valence-electron chi connectivity index (χ4n) is 2.54. The van der Waals surface area contributed by atoms with Gasteiger partial charge < -0.3 is 10.6 Å². The van der Waals surface area contributed by atoms with Gasteiger partial charge in [0.15, 0.2) is 0 Å². The number of pyridine rings is 1. The Bertz CT molecular complexity index is 1210. The topological polar surface area (TPSA) is 135 Å². The molecule has 0 saturated heterocycles. The van der Waals surface area contributed by atoms with Crippen LogP contribution in [0.1, 0.15) is 0 Å². The molecule has 4 rings (SSSR count). The van der Waals surface area contributed by atoms with Crippen LogP contribution in [-0.2, 0) is 10.0 Å². The first-order chi connectivity index (χ1) is 14.1. The maximum absolute atomic E-state index is 12.6. The SMILES string of the molecule is O=S(=O)(NCCNc1cc(Nc2ccccn2)ncn1)c1cccc2nsnc12. The van der Waals surface area contributed by atoms with Gasteiger partial charge in [0.1, 0.15) is 39.7 Å². The zero-order chi connectivity index (χ0) is 20.1. The molecule has 3 heterocycles. The van der Waals surface area contributed by atoms with Crippen molar-refractivity contribution >= 4 is 50.2 Å². The van der Waals surface area contributed by atoms with Gasteiger partial charge in [-0.3, -0.25) is 0 Å². The summed E-state index contributed by atoms with van der Waals surface area (Å²) in [6.45, 7) is 0.508. The zero-order valence-corrected chi connectivity index (χ0v) is 16.6. The number of benzene rings is 1. The Balaban J connectivity index is 1.35. The van der Waals surface area contributed by atoms with E-state index in [2.05, 4.69) is 39.1 Å². The molecule has 4 aromatic rings. The van der Waals surface area contributed by atoms with Crippen molar-refractivity contribution in [3.05, 3.63) is 55.0 Å². The summed E-state index contributed by atoms with van der Waals surface area (Å²) in [6, 6.07) is 12.1. The van der Waals surface area contributed by atoms with Crippen molar-refractivity contribution in [2.75, 3.05) is 23.7 Å². The maximum atomic E-state index is 12.6. The molecule has 3 aromatic heterocycles. The van der Waals surface area contributed by atoms with E-state index < -0.39 is 10.0 Å². The molecular weight excluding hydrogens is 412 g/mol. The lowest BCUT2D eigenvalue weighted by Gasteiger charge is -2.10. The summed E-state index contributed by atoms with van der Waals surface area (Å²) in [4.78, 5) is 12.6. The van der Waals surface area contributed by atoms with Crippen LogP contribution < -0.4 is 15.4 Å². The molecule has 0 radical (unpaired) electrons. The molecule has 148 valence electrons. The third-order valence-corrected chi connectivity index (χ3v) is 5.89. The second-order valence-electron chi connectivity index (χ2n) is 5.84. The van der Waals surface area contributed by atoms with Crippen LogP contribution in [0.2, 0.25) is 0 Å². The highest BCUT2D eigenvalue weighted by Crippen LogP contribution is 2.20. The minimum atomic E-state index is -3.70. The highest BCUT2D eigenvalue weighted by atomic mass is 32.2. The number of rotatable bonds is 8. The minimum absolute atomic E-state index is 0.118. The Labute approximate surface area is 170 Å². The molecule has 0 bridgehead atoms. The first-order valence-electron chi connectivity index (χ1n) is 8.57. The fourth-order valence-corrected chi connectivity index (χ4v) is 4.34. The molecule has 0 fully saturated rings. The Hall–Kier alpha value is -3.22. The summed E-state index contributed by atoms with van der Waals surface area (Å²) >= 11 is 0.981. The van der Waals surface area contributed by atoms with Crippen LogP contribution in [0, 0.1) is 0 Å². The van der Waals surface area contributed by atoms with Crippen LogP contribution >= 0.6 is 11.7 Å². The quantitative estimate of drug-likeness (QED) is 0.360. The summed E-state index contributed by atoms with van der Waals surface area (Å²) in [6.07, 6.45) is 3.09. The minimum Gasteiger partial charge on any atom is -0.369 e. The molecule has 29 heavy (non-hydrogen) atoms. The number of aromatic nitrogens is 5. The van der Waals surface area contributed by atoms with E-state index in [1.165, 1.54) is 12.4 Å². The van der Waals surface area contributed by atoms with Crippen molar-refractivity contribution < 1.29 is 8.42 Å². The second-order valence-corrected chi connectivity index (χ2v) is 8.10. The number of nitrogens with zero attached hydrogens (tertiary/aromatic N) is 5. The van der Waals surface area contributed by atoms with Gasteiger partial charge in [-0.05, 0) is 24.3 Å². The van der Waals surface area contributed by atoms with Crippen LogP contribution in [0.25, 0.3) is 11.0 Å². The summed E-state index contributed by atoms with van der Waals surface area (Å²) < 4.78 is 35.8. The van der Waals surface area contributed by atoms with Crippen LogP contribution in [0.4, 0.5) is 17.5 Å². The molecule has 0 atom stereocenters. The van der Waals surface area contributed by atoms with Crippen molar-refractivity contribution in [1.29, 1.82) is 0 Å². The fraction of sp³-hybridized carbons (Fsp3) is 0.118.